The van der Waals surface area contributed by atoms with E-state index in [4.69, 9.17) is 9.47 Å². The molecule has 2 heterocycles. The number of nitrogens with one attached hydrogen (secondary N) is 2. The summed E-state index contributed by atoms with van der Waals surface area (Å²) in [4.78, 5) is 52.3. The van der Waals surface area contributed by atoms with E-state index >= 15 is 0 Å². The van der Waals surface area contributed by atoms with E-state index in [1.165, 1.54) is 4.57 Å². The van der Waals surface area contributed by atoms with Crippen molar-refractivity contribution in [2.75, 3.05) is 25.6 Å². The summed E-state index contributed by atoms with van der Waals surface area (Å²) in [6.45, 7) is 0.911. The van der Waals surface area contributed by atoms with Crippen molar-refractivity contribution in [1.29, 1.82) is 0 Å². The van der Waals surface area contributed by atoms with Crippen LogP contribution in [0, 0.1) is 0 Å². The summed E-state index contributed by atoms with van der Waals surface area (Å²) in [5.41, 5.74) is 0.852. The molecule has 5 rings (SSSR count). The Morgan fingerprint density at radius 2 is 1.73 bits per heavy atom. The maximum Gasteiger partial charge on any atom is 0.336 e. The molecule has 0 aliphatic carbocycles. The molecule has 40 heavy (non-hydrogen) atoms. The molecule has 1 fully saturated rings. The van der Waals surface area contributed by atoms with Crippen molar-refractivity contribution in [2.24, 2.45) is 0 Å². The molecule has 1 atom stereocenters. The van der Waals surface area contributed by atoms with Gasteiger partial charge in [0.25, 0.3) is 5.56 Å². The van der Waals surface area contributed by atoms with Gasteiger partial charge in [0, 0.05) is 18.8 Å². The van der Waals surface area contributed by atoms with Gasteiger partial charge in [0.1, 0.15) is 12.3 Å². The van der Waals surface area contributed by atoms with Crippen LogP contribution in [-0.2, 0) is 27.3 Å². The van der Waals surface area contributed by atoms with Crippen molar-refractivity contribution < 1.29 is 19.1 Å². The zero-order valence-electron chi connectivity index (χ0n) is 22.1. The number of aromatic nitrogens is 2. The first kappa shape index (κ1) is 26.9. The number of anilines is 1. The number of amides is 2. The minimum absolute atomic E-state index is 0.0616. The number of carbonyl (C=O) groups is 2. The van der Waals surface area contributed by atoms with Crippen molar-refractivity contribution in [2.45, 2.75) is 31.9 Å². The molecule has 0 spiro atoms. The van der Waals surface area contributed by atoms with E-state index in [0.717, 1.165) is 29.6 Å². The minimum atomic E-state index is -0.643. The molecule has 3 aromatic carbocycles. The van der Waals surface area contributed by atoms with Gasteiger partial charge in [0.05, 0.1) is 36.2 Å². The Balaban J connectivity index is 1.38. The van der Waals surface area contributed by atoms with E-state index in [9.17, 15) is 19.2 Å². The molecule has 206 valence electrons. The van der Waals surface area contributed by atoms with Gasteiger partial charge in [-0.05, 0) is 66.9 Å². The molecule has 0 saturated carbocycles. The summed E-state index contributed by atoms with van der Waals surface area (Å²) in [5.74, 6) is 0.0981. The largest absolute Gasteiger partial charge is 0.497 e. The lowest BCUT2D eigenvalue weighted by Gasteiger charge is -2.15. The van der Waals surface area contributed by atoms with Crippen LogP contribution in [0.3, 0.4) is 0 Å². The summed E-state index contributed by atoms with van der Waals surface area (Å²) in [7, 11) is 1.55. The van der Waals surface area contributed by atoms with Crippen LogP contribution in [0.25, 0.3) is 16.6 Å². The van der Waals surface area contributed by atoms with Crippen molar-refractivity contribution in [3.05, 3.63) is 99.2 Å². The molecule has 10 heteroatoms. The zero-order valence-corrected chi connectivity index (χ0v) is 22.1. The third kappa shape index (κ3) is 5.97. The number of fused-ring (bicyclic) bond motifs is 1. The molecule has 1 saturated heterocycles. The number of nitrogens with zero attached hydrogens (tertiary/aromatic N) is 2. The van der Waals surface area contributed by atoms with Gasteiger partial charge in [0.15, 0.2) is 0 Å². The van der Waals surface area contributed by atoms with E-state index in [0.29, 0.717) is 34.6 Å². The third-order valence-corrected chi connectivity index (χ3v) is 6.84. The number of hydrogen-bond donors (Lipinski definition) is 2. The quantitative estimate of drug-likeness (QED) is 0.336. The first-order valence-corrected chi connectivity index (χ1v) is 13.1. The van der Waals surface area contributed by atoms with Gasteiger partial charge in [0.2, 0.25) is 11.8 Å². The zero-order chi connectivity index (χ0) is 28.1. The number of benzene rings is 3. The number of methoxy groups -OCH3 is 1. The van der Waals surface area contributed by atoms with Gasteiger partial charge in [-0.15, -0.1) is 0 Å². The molecule has 0 unspecified atom stereocenters. The van der Waals surface area contributed by atoms with Crippen LogP contribution < -0.4 is 26.6 Å². The Morgan fingerprint density at radius 3 is 2.42 bits per heavy atom. The maximum atomic E-state index is 13.6. The van der Waals surface area contributed by atoms with E-state index < -0.39 is 17.2 Å². The second kappa shape index (κ2) is 12.0. The SMILES string of the molecule is COc1ccc(NC(=O)Cn2c(=O)n(-c3ccc(CC(=O)NC[C@@H]4CCCO4)cc3)c(=O)c3ccccc32)cc1. The molecule has 2 N–H and O–H groups in total. The highest BCUT2D eigenvalue weighted by Gasteiger charge is 2.18. The Bertz CT molecular complexity index is 1630. The van der Waals surface area contributed by atoms with E-state index in [1.807, 2.05) is 0 Å². The highest BCUT2D eigenvalue weighted by molar-refractivity contribution is 5.91. The lowest BCUT2D eigenvalue weighted by Crippen LogP contribution is -2.40. The van der Waals surface area contributed by atoms with Gasteiger partial charge in [-0.3, -0.25) is 19.0 Å². The molecule has 10 nitrogen and oxygen atoms in total. The lowest BCUT2D eigenvalue weighted by molar-refractivity contribution is -0.121. The average molecular weight is 543 g/mol. The highest BCUT2D eigenvalue weighted by Crippen LogP contribution is 2.16. The number of rotatable bonds is 9. The smallest absolute Gasteiger partial charge is 0.336 e. The third-order valence-electron chi connectivity index (χ3n) is 6.84. The van der Waals surface area contributed by atoms with Crippen LogP contribution in [0.1, 0.15) is 18.4 Å². The summed E-state index contributed by atoms with van der Waals surface area (Å²) in [5, 5.41) is 5.97. The minimum Gasteiger partial charge on any atom is -0.497 e. The fourth-order valence-corrected chi connectivity index (χ4v) is 4.76. The monoisotopic (exact) mass is 542 g/mol. The maximum absolute atomic E-state index is 13.6. The predicted molar refractivity (Wildman–Crippen MR) is 151 cm³/mol. The summed E-state index contributed by atoms with van der Waals surface area (Å²) in [6.07, 6.45) is 2.17. The normalized spacial score (nSPS) is 14.7. The van der Waals surface area contributed by atoms with E-state index in [1.54, 1.807) is 79.9 Å². The molecule has 0 radical (unpaired) electrons. The van der Waals surface area contributed by atoms with Crippen LogP contribution in [0.5, 0.6) is 5.75 Å². The van der Waals surface area contributed by atoms with Crippen LogP contribution in [-0.4, -0.2) is 47.3 Å². The van der Waals surface area contributed by atoms with Gasteiger partial charge >= 0.3 is 5.69 Å². The molecular formula is C30H30N4O6. The highest BCUT2D eigenvalue weighted by atomic mass is 16.5. The number of carbonyl (C=O) groups excluding carboxylic acids is 2. The van der Waals surface area contributed by atoms with Gasteiger partial charge in [-0.2, -0.15) is 0 Å². The summed E-state index contributed by atoms with van der Waals surface area (Å²) >= 11 is 0. The first-order valence-electron chi connectivity index (χ1n) is 13.1. The van der Waals surface area contributed by atoms with E-state index in [2.05, 4.69) is 10.6 Å². The average Bonchev–Trinajstić information content (AvgIpc) is 3.49. The van der Waals surface area contributed by atoms with Crippen LogP contribution in [0.4, 0.5) is 5.69 Å². The van der Waals surface area contributed by atoms with E-state index in [-0.39, 0.29) is 25.0 Å². The Labute approximate surface area is 230 Å². The van der Waals surface area contributed by atoms with Gasteiger partial charge < -0.3 is 20.1 Å². The topological polar surface area (TPSA) is 121 Å². The second-order valence-corrected chi connectivity index (χ2v) is 9.59. The summed E-state index contributed by atoms with van der Waals surface area (Å²) < 4.78 is 13.0. The van der Waals surface area contributed by atoms with Crippen molar-refractivity contribution in [1.82, 2.24) is 14.5 Å². The first-order chi connectivity index (χ1) is 19.4. The Hall–Kier alpha value is -4.70. The number of hydrogen-bond acceptors (Lipinski definition) is 6. The Morgan fingerprint density at radius 1 is 0.975 bits per heavy atom. The lowest BCUT2D eigenvalue weighted by atomic mass is 10.1. The summed E-state index contributed by atoms with van der Waals surface area (Å²) in [6, 6.07) is 20.2. The molecule has 1 aliphatic heterocycles. The van der Waals surface area contributed by atoms with Crippen molar-refractivity contribution in [3.8, 4) is 11.4 Å². The number of para-hydroxylation sites is 1. The van der Waals surface area contributed by atoms with Crippen LogP contribution in [0.2, 0.25) is 0 Å². The van der Waals surface area contributed by atoms with Gasteiger partial charge in [-0.1, -0.05) is 24.3 Å². The fraction of sp³-hybridized carbons (Fsp3) is 0.267. The molecular weight excluding hydrogens is 512 g/mol. The Kier molecular flexibility index (Phi) is 8.07. The van der Waals surface area contributed by atoms with Crippen LogP contribution >= 0.6 is 0 Å². The van der Waals surface area contributed by atoms with Crippen molar-refractivity contribution in [3.63, 3.8) is 0 Å². The van der Waals surface area contributed by atoms with Crippen molar-refractivity contribution >= 4 is 28.4 Å². The van der Waals surface area contributed by atoms with Crippen LogP contribution in [0.15, 0.2) is 82.4 Å². The molecule has 1 aromatic heterocycles. The molecule has 4 aromatic rings. The molecule has 1 aliphatic rings. The van der Waals surface area contributed by atoms with Gasteiger partial charge in [-0.25, -0.2) is 9.36 Å². The standard InChI is InChI=1S/C30H30N4O6/c1-39-23-14-10-21(11-15-23)32-28(36)19-33-26-7-3-2-6-25(26)29(37)34(30(33)38)22-12-8-20(9-13-22)17-27(35)31-18-24-5-4-16-40-24/h2-3,6-15,24H,4-5,16-19H2,1H3,(H,31,35)(H,32,36)/t24-/m0/s1. The number of ether oxygens (including phenoxy) is 2. The fourth-order valence-electron chi connectivity index (χ4n) is 4.76. The predicted octanol–water partition coefficient (Wildman–Crippen LogP) is 2.64. The second-order valence-electron chi connectivity index (χ2n) is 9.59. The molecule has 2 amide bonds. The molecule has 0 bridgehead atoms.